The van der Waals surface area contributed by atoms with Gasteiger partial charge in [-0.15, -0.1) is 11.3 Å². The second-order valence-electron chi connectivity index (χ2n) is 10.7. The second-order valence-corrected chi connectivity index (χ2v) is 11.6. The minimum Gasteiger partial charge on any atom is -0.380 e. The molecule has 2 unspecified atom stereocenters. The quantitative estimate of drug-likeness (QED) is 0.382. The molecule has 208 valence electrons. The van der Waals surface area contributed by atoms with Gasteiger partial charge in [-0.05, 0) is 61.3 Å². The van der Waals surface area contributed by atoms with E-state index in [1.807, 2.05) is 73.9 Å². The van der Waals surface area contributed by atoms with Gasteiger partial charge in [0.2, 0.25) is 0 Å². The highest BCUT2D eigenvalue weighted by molar-refractivity contribution is 7.12. The zero-order valence-electron chi connectivity index (χ0n) is 22.6. The van der Waals surface area contributed by atoms with Gasteiger partial charge < -0.3 is 25.7 Å². The van der Waals surface area contributed by atoms with Crippen LogP contribution in [0.1, 0.15) is 66.9 Å². The highest BCUT2D eigenvalue weighted by atomic mass is 32.1. The number of aliphatic hydroxyl groups is 2. The van der Waals surface area contributed by atoms with Gasteiger partial charge in [-0.1, -0.05) is 55.5 Å². The van der Waals surface area contributed by atoms with Gasteiger partial charge in [-0.2, -0.15) is 0 Å². The Kier molecular flexibility index (Phi) is 9.04. The summed E-state index contributed by atoms with van der Waals surface area (Å²) >= 11 is 1.42. The molecule has 9 heteroatoms. The number of carbonyl (C=O) groups excluding carboxylic acids is 3. The van der Waals surface area contributed by atoms with E-state index in [0.29, 0.717) is 17.8 Å². The molecule has 4 rings (SSSR count). The third kappa shape index (κ3) is 6.49. The molecule has 1 aliphatic carbocycles. The maximum absolute atomic E-state index is 13.0. The third-order valence-corrected chi connectivity index (χ3v) is 8.28. The fourth-order valence-corrected chi connectivity index (χ4v) is 6.09. The van der Waals surface area contributed by atoms with Gasteiger partial charge in [0.1, 0.15) is 0 Å². The number of likely N-dealkylation sites (tertiary alicyclic amines) is 1. The molecule has 0 bridgehead atoms. The van der Waals surface area contributed by atoms with Crippen molar-refractivity contribution in [3.05, 3.63) is 81.6 Å². The van der Waals surface area contributed by atoms with Crippen molar-refractivity contribution in [2.45, 2.75) is 69.7 Å². The van der Waals surface area contributed by atoms with E-state index in [-0.39, 0.29) is 30.0 Å². The zero-order valence-corrected chi connectivity index (χ0v) is 23.4. The normalized spacial score (nSPS) is 22.4. The van der Waals surface area contributed by atoms with Crippen LogP contribution < -0.4 is 10.6 Å². The average Bonchev–Trinajstić information content (AvgIpc) is 3.62. The molecule has 3 amide bonds. The molecule has 0 saturated carbocycles. The Bertz CT molecular complexity index is 1250. The van der Waals surface area contributed by atoms with E-state index in [1.54, 1.807) is 4.90 Å². The number of rotatable bonds is 9. The van der Waals surface area contributed by atoms with Gasteiger partial charge in [-0.25, -0.2) is 0 Å². The van der Waals surface area contributed by atoms with Crippen molar-refractivity contribution in [2.24, 2.45) is 0 Å². The van der Waals surface area contributed by atoms with Crippen LogP contribution >= 0.6 is 11.3 Å². The topological polar surface area (TPSA) is 119 Å². The van der Waals surface area contributed by atoms with Crippen molar-refractivity contribution in [3.63, 3.8) is 0 Å². The van der Waals surface area contributed by atoms with Gasteiger partial charge in [0.25, 0.3) is 17.7 Å². The molecule has 2 aromatic rings. The monoisotopic (exact) mass is 551 g/mol. The maximum Gasteiger partial charge on any atom is 0.261 e. The summed E-state index contributed by atoms with van der Waals surface area (Å²) in [5.41, 5.74) is 2.38. The number of benzene rings is 1. The number of hydrogen-bond donors (Lipinski definition) is 4. The number of amides is 3. The molecule has 1 fully saturated rings. The standard InChI is InChI=1S/C30H37N3O5S/c1-19(2)32-28(37)26-22(13-17-39-26)30(3)14-11-20(12-15-30)18-31-27(36)24(34)25(35)29(38)33-16-7-10-23(33)21-8-5-4-6-9-21/h4-6,8-9,11-14,17,19,23-25,34-35H,7,10,15-16,18H2,1-3H3,(H,31,36)(H,32,37)/t23?,24-,25-,30?/m1/s1. The molecule has 1 aromatic heterocycles. The van der Waals surface area contributed by atoms with Crippen molar-refractivity contribution < 1.29 is 24.6 Å². The molecule has 8 nitrogen and oxygen atoms in total. The van der Waals surface area contributed by atoms with Crippen LogP contribution in [0, 0.1) is 0 Å². The Morgan fingerprint density at radius 3 is 2.54 bits per heavy atom. The van der Waals surface area contributed by atoms with E-state index < -0.39 is 24.0 Å². The van der Waals surface area contributed by atoms with Gasteiger partial charge in [-0.3, -0.25) is 14.4 Å². The van der Waals surface area contributed by atoms with E-state index >= 15 is 0 Å². The minimum absolute atomic E-state index is 0.0436. The second kappa shape index (κ2) is 12.3. The Morgan fingerprint density at radius 2 is 1.87 bits per heavy atom. The molecule has 1 aliphatic heterocycles. The fraction of sp³-hybridized carbons (Fsp3) is 0.433. The van der Waals surface area contributed by atoms with Crippen LogP contribution in [-0.2, 0) is 15.0 Å². The maximum atomic E-state index is 13.0. The molecule has 0 spiro atoms. The number of hydrogen-bond acceptors (Lipinski definition) is 6. The lowest BCUT2D eigenvalue weighted by molar-refractivity contribution is -0.153. The molecule has 39 heavy (non-hydrogen) atoms. The first kappa shape index (κ1) is 28.7. The average molecular weight is 552 g/mol. The van der Waals surface area contributed by atoms with Crippen molar-refractivity contribution in [3.8, 4) is 0 Å². The summed E-state index contributed by atoms with van der Waals surface area (Å²) in [6, 6.07) is 11.4. The van der Waals surface area contributed by atoms with Crippen LogP contribution in [0.3, 0.4) is 0 Å². The van der Waals surface area contributed by atoms with E-state index in [4.69, 9.17) is 0 Å². The summed E-state index contributed by atoms with van der Waals surface area (Å²) < 4.78 is 0. The minimum atomic E-state index is -1.87. The highest BCUT2D eigenvalue weighted by Gasteiger charge is 2.38. The number of aliphatic hydroxyl groups excluding tert-OH is 2. The summed E-state index contributed by atoms with van der Waals surface area (Å²) in [4.78, 5) is 40.5. The third-order valence-electron chi connectivity index (χ3n) is 7.37. The number of allylic oxidation sites excluding steroid dienone is 2. The largest absolute Gasteiger partial charge is 0.380 e. The van der Waals surface area contributed by atoms with E-state index in [2.05, 4.69) is 17.6 Å². The van der Waals surface area contributed by atoms with E-state index in [9.17, 15) is 24.6 Å². The molecule has 2 heterocycles. The summed E-state index contributed by atoms with van der Waals surface area (Å²) in [6.07, 6.45) is 4.37. The fourth-order valence-electron chi connectivity index (χ4n) is 5.16. The number of carbonyl (C=O) groups is 3. The van der Waals surface area contributed by atoms with Crippen molar-refractivity contribution >= 4 is 29.1 Å². The van der Waals surface area contributed by atoms with E-state index in [1.165, 1.54) is 11.3 Å². The molecule has 4 N–H and O–H groups in total. The number of nitrogens with one attached hydrogen (secondary N) is 2. The Hall–Kier alpha value is -3.27. The lowest BCUT2D eigenvalue weighted by atomic mass is 9.76. The summed E-state index contributed by atoms with van der Waals surface area (Å²) in [5.74, 6) is -1.54. The molecular formula is C30H37N3O5S. The molecule has 1 aromatic carbocycles. The van der Waals surface area contributed by atoms with Crippen molar-refractivity contribution in [1.29, 1.82) is 0 Å². The van der Waals surface area contributed by atoms with Crippen LogP contribution in [0.4, 0.5) is 0 Å². The summed E-state index contributed by atoms with van der Waals surface area (Å²) in [6.45, 7) is 6.53. The molecule has 1 saturated heterocycles. The van der Waals surface area contributed by atoms with Crippen LogP contribution in [0.5, 0.6) is 0 Å². The lowest BCUT2D eigenvalue weighted by Crippen LogP contribution is -2.50. The lowest BCUT2D eigenvalue weighted by Gasteiger charge is -2.29. The predicted molar refractivity (Wildman–Crippen MR) is 151 cm³/mol. The molecular weight excluding hydrogens is 514 g/mol. The number of nitrogens with zero attached hydrogens (tertiary/aromatic N) is 1. The van der Waals surface area contributed by atoms with Gasteiger partial charge >= 0.3 is 0 Å². The van der Waals surface area contributed by atoms with Crippen LogP contribution in [0.15, 0.2) is 65.6 Å². The predicted octanol–water partition coefficient (Wildman–Crippen LogP) is 3.23. The molecule has 0 radical (unpaired) electrons. The van der Waals surface area contributed by atoms with Crippen molar-refractivity contribution in [2.75, 3.05) is 13.1 Å². The highest BCUT2D eigenvalue weighted by Crippen LogP contribution is 2.38. The Morgan fingerprint density at radius 1 is 1.13 bits per heavy atom. The first-order chi connectivity index (χ1) is 18.6. The Labute approximate surface area is 233 Å². The van der Waals surface area contributed by atoms with Crippen LogP contribution in [-0.4, -0.2) is 64.2 Å². The molecule has 2 aliphatic rings. The van der Waals surface area contributed by atoms with Gasteiger partial charge in [0, 0.05) is 24.5 Å². The first-order valence-corrected chi connectivity index (χ1v) is 14.2. The van der Waals surface area contributed by atoms with Gasteiger partial charge in [0.15, 0.2) is 12.2 Å². The van der Waals surface area contributed by atoms with Crippen molar-refractivity contribution in [1.82, 2.24) is 15.5 Å². The summed E-state index contributed by atoms with van der Waals surface area (Å²) in [7, 11) is 0. The van der Waals surface area contributed by atoms with Crippen LogP contribution in [0.25, 0.3) is 0 Å². The molecule has 4 atom stereocenters. The van der Waals surface area contributed by atoms with Crippen LogP contribution in [0.2, 0.25) is 0 Å². The van der Waals surface area contributed by atoms with Gasteiger partial charge in [0.05, 0.1) is 10.9 Å². The smallest absolute Gasteiger partial charge is 0.261 e. The Balaban J connectivity index is 1.32. The SMILES string of the molecule is CC(C)NC(=O)c1sccc1C1(C)C=CC(CNC(=O)[C@H](O)[C@@H](O)C(=O)N2CCCC2c2ccccc2)=CC1. The zero-order chi connectivity index (χ0) is 28.2. The summed E-state index contributed by atoms with van der Waals surface area (Å²) in [5, 5.41) is 28.5. The van der Waals surface area contributed by atoms with E-state index in [0.717, 1.165) is 29.5 Å². The first-order valence-electron chi connectivity index (χ1n) is 13.4. The number of thiophene rings is 1.